The Morgan fingerprint density at radius 3 is 2.50 bits per heavy atom. The number of rotatable bonds is 6. The summed E-state index contributed by atoms with van der Waals surface area (Å²) in [5.41, 5.74) is 1.64. The lowest BCUT2D eigenvalue weighted by atomic mass is 9.87. The molecule has 1 fully saturated rings. The second-order valence-corrected chi connectivity index (χ2v) is 7.28. The van der Waals surface area contributed by atoms with Crippen LogP contribution in [-0.4, -0.2) is 30.1 Å². The second kappa shape index (κ2) is 7.58. The SMILES string of the molecule is CCCNC(c1ccsc1)C(C)(C)N1CCCCCC1. The van der Waals surface area contributed by atoms with Gasteiger partial charge in [0.05, 0.1) is 6.04 Å². The molecule has 3 heteroatoms. The van der Waals surface area contributed by atoms with Crippen LogP contribution in [0.3, 0.4) is 0 Å². The van der Waals surface area contributed by atoms with Crippen molar-refractivity contribution in [2.24, 2.45) is 0 Å². The number of nitrogens with zero attached hydrogens (tertiary/aromatic N) is 1. The van der Waals surface area contributed by atoms with Gasteiger partial charge in [-0.15, -0.1) is 0 Å². The first-order valence-corrected chi connectivity index (χ1v) is 9.11. The van der Waals surface area contributed by atoms with E-state index in [2.05, 4.69) is 47.8 Å². The molecule has 1 aliphatic heterocycles. The van der Waals surface area contributed by atoms with E-state index in [-0.39, 0.29) is 5.54 Å². The van der Waals surface area contributed by atoms with Gasteiger partial charge >= 0.3 is 0 Å². The van der Waals surface area contributed by atoms with Crippen molar-refractivity contribution in [3.05, 3.63) is 22.4 Å². The molecule has 0 aliphatic carbocycles. The lowest BCUT2D eigenvalue weighted by Crippen LogP contribution is -2.53. The Morgan fingerprint density at radius 2 is 1.95 bits per heavy atom. The first-order chi connectivity index (χ1) is 9.66. The molecule has 1 saturated heterocycles. The molecule has 2 heterocycles. The molecule has 0 spiro atoms. The van der Waals surface area contributed by atoms with E-state index >= 15 is 0 Å². The minimum Gasteiger partial charge on any atom is -0.308 e. The van der Waals surface area contributed by atoms with Gasteiger partial charge in [-0.3, -0.25) is 4.90 Å². The van der Waals surface area contributed by atoms with Crippen molar-refractivity contribution in [1.82, 2.24) is 10.2 Å². The lowest BCUT2D eigenvalue weighted by Gasteiger charge is -2.44. The van der Waals surface area contributed by atoms with E-state index in [9.17, 15) is 0 Å². The molecular weight excluding hydrogens is 264 g/mol. The summed E-state index contributed by atoms with van der Waals surface area (Å²) in [5.74, 6) is 0. The van der Waals surface area contributed by atoms with Gasteiger partial charge in [-0.05, 0) is 75.1 Å². The van der Waals surface area contributed by atoms with Crippen LogP contribution in [0.5, 0.6) is 0 Å². The van der Waals surface area contributed by atoms with E-state index in [1.54, 1.807) is 0 Å². The monoisotopic (exact) mass is 294 g/mol. The largest absolute Gasteiger partial charge is 0.308 e. The molecule has 1 aromatic rings. The molecule has 1 atom stereocenters. The molecule has 114 valence electrons. The number of hydrogen-bond donors (Lipinski definition) is 1. The van der Waals surface area contributed by atoms with Gasteiger partial charge in [0.1, 0.15) is 0 Å². The summed E-state index contributed by atoms with van der Waals surface area (Å²) < 4.78 is 0. The number of likely N-dealkylation sites (tertiary alicyclic amines) is 1. The van der Waals surface area contributed by atoms with Crippen molar-refractivity contribution >= 4 is 11.3 Å². The third-order valence-corrected chi connectivity index (χ3v) is 5.30. The van der Waals surface area contributed by atoms with Crippen LogP contribution in [0.1, 0.15) is 64.5 Å². The zero-order valence-electron chi connectivity index (χ0n) is 13.3. The van der Waals surface area contributed by atoms with E-state index in [0.29, 0.717) is 6.04 Å². The standard InChI is InChI=1S/C17H30N2S/c1-4-10-18-16(15-9-13-20-14-15)17(2,3)19-11-7-5-6-8-12-19/h9,13-14,16,18H,4-8,10-12H2,1-3H3. The third-order valence-electron chi connectivity index (χ3n) is 4.60. The third kappa shape index (κ3) is 3.84. The van der Waals surface area contributed by atoms with Gasteiger partial charge in [0.25, 0.3) is 0 Å². The highest BCUT2D eigenvalue weighted by atomic mass is 32.1. The van der Waals surface area contributed by atoms with Crippen molar-refractivity contribution in [2.75, 3.05) is 19.6 Å². The fraction of sp³-hybridized carbons (Fsp3) is 0.765. The van der Waals surface area contributed by atoms with Gasteiger partial charge < -0.3 is 5.32 Å². The van der Waals surface area contributed by atoms with E-state index in [4.69, 9.17) is 0 Å². The van der Waals surface area contributed by atoms with Crippen LogP contribution in [0, 0.1) is 0 Å². The number of hydrogen-bond acceptors (Lipinski definition) is 3. The van der Waals surface area contributed by atoms with Gasteiger partial charge in [-0.1, -0.05) is 19.8 Å². The van der Waals surface area contributed by atoms with Crippen LogP contribution in [0.2, 0.25) is 0 Å². The van der Waals surface area contributed by atoms with Gasteiger partial charge in [0, 0.05) is 5.54 Å². The Labute approximate surface area is 128 Å². The summed E-state index contributed by atoms with van der Waals surface area (Å²) in [6, 6.07) is 2.73. The smallest absolute Gasteiger partial charge is 0.0510 e. The molecule has 0 radical (unpaired) electrons. The molecule has 1 aromatic heterocycles. The Morgan fingerprint density at radius 1 is 1.25 bits per heavy atom. The summed E-state index contributed by atoms with van der Waals surface area (Å²) >= 11 is 1.81. The first kappa shape index (κ1) is 16.0. The minimum atomic E-state index is 0.181. The minimum absolute atomic E-state index is 0.181. The molecule has 1 N–H and O–H groups in total. The normalized spacial score (nSPS) is 19.8. The quantitative estimate of drug-likeness (QED) is 0.834. The fourth-order valence-electron chi connectivity index (χ4n) is 3.33. The van der Waals surface area contributed by atoms with E-state index in [0.717, 1.165) is 6.54 Å². The number of thiophene rings is 1. The average Bonchev–Trinajstić information content (AvgIpc) is 2.79. The van der Waals surface area contributed by atoms with Crippen molar-refractivity contribution in [3.8, 4) is 0 Å². The Balaban J connectivity index is 2.16. The molecule has 0 aromatic carbocycles. The fourth-order valence-corrected chi connectivity index (χ4v) is 4.02. The lowest BCUT2D eigenvalue weighted by molar-refractivity contribution is 0.0835. The number of nitrogens with one attached hydrogen (secondary N) is 1. The molecule has 1 aliphatic rings. The van der Waals surface area contributed by atoms with Crippen LogP contribution in [-0.2, 0) is 0 Å². The van der Waals surface area contributed by atoms with Gasteiger partial charge in [0.2, 0.25) is 0 Å². The highest BCUT2D eigenvalue weighted by Gasteiger charge is 2.36. The van der Waals surface area contributed by atoms with Crippen LogP contribution in [0.15, 0.2) is 16.8 Å². The maximum absolute atomic E-state index is 3.79. The summed E-state index contributed by atoms with van der Waals surface area (Å²) in [5, 5.41) is 8.31. The predicted molar refractivity (Wildman–Crippen MR) is 89.5 cm³/mol. The average molecular weight is 295 g/mol. The highest BCUT2D eigenvalue weighted by Crippen LogP contribution is 2.33. The van der Waals surface area contributed by atoms with Crippen LogP contribution in [0.25, 0.3) is 0 Å². The molecule has 1 unspecified atom stereocenters. The van der Waals surface area contributed by atoms with Crippen molar-refractivity contribution < 1.29 is 0 Å². The van der Waals surface area contributed by atoms with E-state index < -0.39 is 0 Å². The Kier molecular flexibility index (Phi) is 6.06. The van der Waals surface area contributed by atoms with E-state index in [1.807, 2.05) is 11.3 Å². The molecule has 0 bridgehead atoms. The topological polar surface area (TPSA) is 15.3 Å². The second-order valence-electron chi connectivity index (χ2n) is 6.50. The molecule has 2 rings (SSSR count). The summed E-state index contributed by atoms with van der Waals surface area (Å²) in [6.07, 6.45) is 6.70. The zero-order valence-corrected chi connectivity index (χ0v) is 14.1. The van der Waals surface area contributed by atoms with Gasteiger partial charge in [0.15, 0.2) is 0 Å². The summed E-state index contributed by atoms with van der Waals surface area (Å²) in [4.78, 5) is 2.71. The molecule has 0 amide bonds. The molecule has 20 heavy (non-hydrogen) atoms. The highest BCUT2D eigenvalue weighted by molar-refractivity contribution is 7.07. The van der Waals surface area contributed by atoms with Crippen LogP contribution < -0.4 is 5.32 Å². The van der Waals surface area contributed by atoms with E-state index in [1.165, 1.54) is 50.8 Å². The Hall–Kier alpha value is -0.380. The van der Waals surface area contributed by atoms with Gasteiger partial charge in [-0.25, -0.2) is 0 Å². The van der Waals surface area contributed by atoms with Crippen molar-refractivity contribution in [1.29, 1.82) is 0 Å². The molecule has 0 saturated carbocycles. The maximum atomic E-state index is 3.79. The Bertz CT molecular complexity index is 364. The van der Waals surface area contributed by atoms with Crippen LogP contribution >= 0.6 is 11.3 Å². The zero-order chi connectivity index (χ0) is 14.4. The van der Waals surface area contributed by atoms with Gasteiger partial charge in [-0.2, -0.15) is 11.3 Å². The first-order valence-electron chi connectivity index (χ1n) is 8.16. The molecule has 2 nitrogen and oxygen atoms in total. The maximum Gasteiger partial charge on any atom is 0.0510 e. The molecular formula is C17H30N2S. The summed E-state index contributed by atoms with van der Waals surface area (Å²) in [7, 11) is 0. The van der Waals surface area contributed by atoms with Crippen molar-refractivity contribution in [3.63, 3.8) is 0 Å². The summed E-state index contributed by atoms with van der Waals surface area (Å²) in [6.45, 7) is 10.7. The van der Waals surface area contributed by atoms with Crippen molar-refractivity contribution in [2.45, 2.75) is 64.5 Å². The predicted octanol–water partition coefficient (Wildman–Crippen LogP) is 4.44. The van der Waals surface area contributed by atoms with Crippen LogP contribution in [0.4, 0.5) is 0 Å².